The summed E-state index contributed by atoms with van der Waals surface area (Å²) in [6.45, 7) is 3.71. The van der Waals surface area contributed by atoms with Crippen LogP contribution in [0.25, 0.3) is 10.9 Å². The minimum Gasteiger partial charge on any atom is -0.351 e. The predicted octanol–water partition coefficient (Wildman–Crippen LogP) is 2.12. The molecule has 1 aromatic heterocycles. The number of amides is 1. The van der Waals surface area contributed by atoms with Gasteiger partial charge in [-0.2, -0.15) is 0 Å². The fourth-order valence-corrected chi connectivity index (χ4v) is 1.66. The molecule has 0 aliphatic rings. The smallest absolute Gasteiger partial charge is 0.268 e. The van der Waals surface area contributed by atoms with Crippen molar-refractivity contribution in [2.24, 2.45) is 5.92 Å². The number of hydrogen-bond donors (Lipinski definition) is 2. The Morgan fingerprint density at radius 1 is 1.28 bits per heavy atom. The van der Waals surface area contributed by atoms with Crippen molar-refractivity contribution in [1.29, 1.82) is 0 Å². The first-order valence-corrected chi connectivity index (χ1v) is 5.96. The number of para-hydroxylation sites is 1. The summed E-state index contributed by atoms with van der Waals surface area (Å²) in [6, 6.07) is 9.45. The molecule has 0 aliphatic carbocycles. The number of aromatic amines is 1. The molecule has 0 saturated carbocycles. The number of hydrogen-bond acceptors (Lipinski definition) is 2. The van der Waals surface area contributed by atoms with Crippen LogP contribution in [0.15, 0.2) is 30.3 Å². The highest BCUT2D eigenvalue weighted by Gasteiger charge is 2.12. The zero-order valence-corrected chi connectivity index (χ0v) is 10.5. The lowest BCUT2D eigenvalue weighted by atomic mass is 10.1. The van der Waals surface area contributed by atoms with E-state index in [4.69, 9.17) is 0 Å². The standard InChI is InChI=1S/C14H16N2O2/c1-9(2)13(17)8-15-14(18)12-7-10-5-3-4-6-11(10)16-12/h3-7,9,16H,8H2,1-2H3,(H,15,18). The van der Waals surface area contributed by atoms with Crippen LogP contribution < -0.4 is 5.32 Å². The van der Waals surface area contributed by atoms with Gasteiger partial charge in [-0.1, -0.05) is 32.0 Å². The average molecular weight is 244 g/mol. The van der Waals surface area contributed by atoms with E-state index in [9.17, 15) is 9.59 Å². The lowest BCUT2D eigenvalue weighted by Crippen LogP contribution is -2.31. The van der Waals surface area contributed by atoms with Crippen LogP contribution in [0.1, 0.15) is 24.3 Å². The van der Waals surface area contributed by atoms with Gasteiger partial charge in [0.05, 0.1) is 6.54 Å². The summed E-state index contributed by atoms with van der Waals surface area (Å²) in [5.74, 6) is -0.285. The first kappa shape index (κ1) is 12.4. The van der Waals surface area contributed by atoms with Gasteiger partial charge < -0.3 is 10.3 Å². The Kier molecular flexibility index (Phi) is 3.46. The molecular weight excluding hydrogens is 228 g/mol. The molecular formula is C14H16N2O2. The number of rotatable bonds is 4. The van der Waals surface area contributed by atoms with Crippen LogP contribution in [-0.4, -0.2) is 23.2 Å². The molecule has 0 radical (unpaired) electrons. The molecule has 18 heavy (non-hydrogen) atoms. The summed E-state index contributed by atoms with van der Waals surface area (Å²) in [5.41, 5.74) is 1.39. The fourth-order valence-electron chi connectivity index (χ4n) is 1.66. The SMILES string of the molecule is CC(C)C(=O)CNC(=O)c1cc2ccccc2[nH]1. The number of carbonyl (C=O) groups excluding carboxylic acids is 2. The molecule has 1 aromatic carbocycles. The van der Waals surface area contributed by atoms with E-state index in [2.05, 4.69) is 10.3 Å². The van der Waals surface area contributed by atoms with Crippen molar-refractivity contribution in [2.75, 3.05) is 6.54 Å². The molecule has 1 amide bonds. The fraction of sp³-hybridized carbons (Fsp3) is 0.286. The Bertz CT molecular complexity index is 551. The van der Waals surface area contributed by atoms with Crippen LogP contribution in [0, 0.1) is 5.92 Å². The lowest BCUT2D eigenvalue weighted by molar-refractivity contribution is -0.120. The molecule has 94 valence electrons. The first-order valence-electron chi connectivity index (χ1n) is 5.96. The van der Waals surface area contributed by atoms with E-state index in [1.165, 1.54) is 0 Å². The highest BCUT2D eigenvalue weighted by Crippen LogP contribution is 2.14. The maximum Gasteiger partial charge on any atom is 0.268 e. The highest BCUT2D eigenvalue weighted by atomic mass is 16.2. The van der Waals surface area contributed by atoms with Gasteiger partial charge in [-0.25, -0.2) is 0 Å². The molecule has 0 atom stereocenters. The largest absolute Gasteiger partial charge is 0.351 e. The molecule has 0 unspecified atom stereocenters. The van der Waals surface area contributed by atoms with Crippen molar-refractivity contribution >= 4 is 22.6 Å². The van der Waals surface area contributed by atoms with Gasteiger partial charge >= 0.3 is 0 Å². The van der Waals surface area contributed by atoms with E-state index in [-0.39, 0.29) is 24.2 Å². The Morgan fingerprint density at radius 3 is 2.67 bits per heavy atom. The topological polar surface area (TPSA) is 62.0 Å². The Hall–Kier alpha value is -2.10. The number of nitrogens with one attached hydrogen (secondary N) is 2. The number of H-pyrrole nitrogens is 1. The third-order valence-electron chi connectivity index (χ3n) is 2.84. The van der Waals surface area contributed by atoms with Gasteiger partial charge in [0.2, 0.25) is 0 Å². The highest BCUT2D eigenvalue weighted by molar-refractivity contribution is 5.99. The quantitative estimate of drug-likeness (QED) is 0.865. The third kappa shape index (κ3) is 2.59. The van der Waals surface area contributed by atoms with Crippen LogP contribution in [0.3, 0.4) is 0 Å². The van der Waals surface area contributed by atoms with E-state index in [1.807, 2.05) is 38.1 Å². The summed E-state index contributed by atoms with van der Waals surface area (Å²) in [4.78, 5) is 26.3. The second-order valence-corrected chi connectivity index (χ2v) is 4.57. The summed E-state index contributed by atoms with van der Waals surface area (Å²) in [6.07, 6.45) is 0. The van der Waals surface area contributed by atoms with Gasteiger partial charge in [-0.15, -0.1) is 0 Å². The van der Waals surface area contributed by atoms with Gasteiger partial charge in [0.1, 0.15) is 5.69 Å². The number of benzene rings is 1. The van der Waals surface area contributed by atoms with Crippen LogP contribution in [0.4, 0.5) is 0 Å². The van der Waals surface area contributed by atoms with E-state index >= 15 is 0 Å². The van der Waals surface area contributed by atoms with Gasteiger partial charge in [-0.05, 0) is 12.1 Å². The van der Waals surface area contributed by atoms with Crippen molar-refractivity contribution in [3.8, 4) is 0 Å². The summed E-state index contributed by atoms with van der Waals surface area (Å²) in [5, 5.41) is 3.61. The van der Waals surface area contributed by atoms with E-state index < -0.39 is 0 Å². The monoisotopic (exact) mass is 244 g/mol. The van der Waals surface area contributed by atoms with Crippen molar-refractivity contribution in [3.05, 3.63) is 36.0 Å². The number of fused-ring (bicyclic) bond motifs is 1. The molecule has 2 aromatic rings. The second kappa shape index (κ2) is 5.04. The van der Waals surface area contributed by atoms with E-state index in [0.29, 0.717) is 5.69 Å². The maximum atomic E-state index is 11.8. The molecule has 4 nitrogen and oxygen atoms in total. The number of ketones is 1. The molecule has 0 spiro atoms. The normalized spacial score (nSPS) is 10.8. The maximum absolute atomic E-state index is 11.8. The predicted molar refractivity (Wildman–Crippen MR) is 70.5 cm³/mol. The van der Waals surface area contributed by atoms with Crippen LogP contribution >= 0.6 is 0 Å². The van der Waals surface area contributed by atoms with Crippen LogP contribution in [0.2, 0.25) is 0 Å². The Morgan fingerprint density at radius 2 is 2.00 bits per heavy atom. The zero-order chi connectivity index (χ0) is 13.1. The zero-order valence-electron chi connectivity index (χ0n) is 10.5. The first-order chi connectivity index (χ1) is 8.58. The minimum absolute atomic E-state index is 0.0273. The Labute approximate surface area is 105 Å². The van der Waals surface area contributed by atoms with Gasteiger partial charge in [0, 0.05) is 16.8 Å². The van der Waals surface area contributed by atoms with E-state index in [0.717, 1.165) is 10.9 Å². The van der Waals surface area contributed by atoms with Crippen LogP contribution in [0.5, 0.6) is 0 Å². The number of Topliss-reactive ketones (excluding diaryl/α,β-unsaturated/α-hetero) is 1. The molecule has 4 heteroatoms. The van der Waals surface area contributed by atoms with Crippen molar-refractivity contribution in [1.82, 2.24) is 10.3 Å². The van der Waals surface area contributed by atoms with Gasteiger partial charge in [-0.3, -0.25) is 9.59 Å². The summed E-state index contributed by atoms with van der Waals surface area (Å²) in [7, 11) is 0. The molecule has 0 bridgehead atoms. The molecule has 1 heterocycles. The minimum atomic E-state index is -0.250. The molecule has 0 saturated heterocycles. The molecule has 0 fully saturated rings. The number of carbonyl (C=O) groups is 2. The summed E-state index contributed by atoms with van der Waals surface area (Å²) < 4.78 is 0. The van der Waals surface area contributed by atoms with Gasteiger partial charge in [0.15, 0.2) is 5.78 Å². The molecule has 2 N–H and O–H groups in total. The van der Waals surface area contributed by atoms with E-state index in [1.54, 1.807) is 6.07 Å². The van der Waals surface area contributed by atoms with Crippen molar-refractivity contribution in [2.45, 2.75) is 13.8 Å². The lowest BCUT2D eigenvalue weighted by Gasteiger charge is -2.05. The van der Waals surface area contributed by atoms with Crippen molar-refractivity contribution < 1.29 is 9.59 Å². The third-order valence-corrected chi connectivity index (χ3v) is 2.84. The second-order valence-electron chi connectivity index (χ2n) is 4.57. The molecule has 2 rings (SSSR count). The van der Waals surface area contributed by atoms with Crippen LogP contribution in [-0.2, 0) is 4.79 Å². The van der Waals surface area contributed by atoms with Crippen molar-refractivity contribution in [3.63, 3.8) is 0 Å². The summed E-state index contributed by atoms with van der Waals surface area (Å²) >= 11 is 0. The number of aromatic nitrogens is 1. The van der Waals surface area contributed by atoms with Gasteiger partial charge in [0.25, 0.3) is 5.91 Å². The average Bonchev–Trinajstić information content (AvgIpc) is 2.79. The Balaban J connectivity index is 2.07. The molecule has 0 aliphatic heterocycles.